The summed E-state index contributed by atoms with van der Waals surface area (Å²) in [7, 11) is 2.15. The molecule has 1 aliphatic rings. The van der Waals surface area contributed by atoms with Gasteiger partial charge in [-0.1, -0.05) is 43.0 Å². The highest BCUT2D eigenvalue weighted by molar-refractivity contribution is 5.77. The minimum atomic E-state index is 1.01. The Hall–Kier alpha value is -1.97. The molecule has 0 radical (unpaired) electrons. The molecule has 0 amide bonds. The molecule has 1 aromatic carbocycles. The van der Waals surface area contributed by atoms with Crippen LogP contribution in [0.4, 0.5) is 0 Å². The molecule has 3 heteroatoms. The van der Waals surface area contributed by atoms with Gasteiger partial charge in [0.05, 0.1) is 0 Å². The number of nitrogens with one attached hydrogen (secondary N) is 1. The van der Waals surface area contributed by atoms with Crippen molar-refractivity contribution in [2.24, 2.45) is 0 Å². The fourth-order valence-electron chi connectivity index (χ4n) is 2.12. The highest BCUT2D eigenvalue weighted by atomic mass is 15.2. The molecule has 1 fully saturated rings. The second-order valence-corrected chi connectivity index (χ2v) is 5.14. The van der Waals surface area contributed by atoms with Gasteiger partial charge in [0.15, 0.2) is 0 Å². The van der Waals surface area contributed by atoms with Gasteiger partial charge >= 0.3 is 0 Å². The van der Waals surface area contributed by atoms with Gasteiger partial charge in [-0.2, -0.15) is 0 Å². The van der Waals surface area contributed by atoms with Gasteiger partial charge in [-0.25, -0.2) is 0 Å². The number of hydrogen-bond donors (Lipinski definition) is 1. The molecule has 21 heavy (non-hydrogen) atoms. The minimum Gasteiger partial charge on any atom is -0.314 e. The zero-order valence-electron chi connectivity index (χ0n) is 12.6. The van der Waals surface area contributed by atoms with E-state index in [1.165, 1.54) is 13.1 Å². The van der Waals surface area contributed by atoms with Crippen LogP contribution in [0.15, 0.2) is 61.4 Å². The Morgan fingerprint density at radius 1 is 1.05 bits per heavy atom. The molecule has 0 spiro atoms. The van der Waals surface area contributed by atoms with Crippen LogP contribution in [0.3, 0.4) is 0 Å². The summed E-state index contributed by atoms with van der Waals surface area (Å²) < 4.78 is 0. The molecule has 110 valence electrons. The highest BCUT2D eigenvalue weighted by Crippen LogP contribution is 2.19. The van der Waals surface area contributed by atoms with Crippen molar-refractivity contribution in [3.63, 3.8) is 0 Å². The molecule has 0 aliphatic carbocycles. The second-order valence-electron chi connectivity index (χ2n) is 5.14. The third-order valence-electron chi connectivity index (χ3n) is 3.47. The highest BCUT2D eigenvalue weighted by Gasteiger charge is 2.01. The summed E-state index contributed by atoms with van der Waals surface area (Å²) in [5.74, 6) is 0. The number of likely N-dealkylation sites (N-methyl/N-ethyl adjacent to an activating group) is 1. The predicted octanol–water partition coefficient (Wildman–Crippen LogP) is 2.66. The van der Waals surface area contributed by atoms with Gasteiger partial charge in [0.1, 0.15) is 0 Å². The van der Waals surface area contributed by atoms with Crippen molar-refractivity contribution in [2.75, 3.05) is 33.2 Å². The van der Waals surface area contributed by atoms with Gasteiger partial charge in [-0.15, -0.1) is 0 Å². The Kier molecular flexibility index (Phi) is 6.13. The quantitative estimate of drug-likeness (QED) is 0.917. The van der Waals surface area contributed by atoms with Crippen LogP contribution in [0.1, 0.15) is 11.1 Å². The summed E-state index contributed by atoms with van der Waals surface area (Å²) in [5, 5.41) is 3.27. The van der Waals surface area contributed by atoms with Crippen LogP contribution in [-0.4, -0.2) is 43.1 Å². The Morgan fingerprint density at radius 3 is 2.24 bits per heavy atom. The maximum absolute atomic E-state index is 4.07. The fourth-order valence-corrected chi connectivity index (χ4v) is 2.12. The first-order chi connectivity index (χ1) is 10.3. The largest absolute Gasteiger partial charge is 0.314 e. The first-order valence-corrected chi connectivity index (χ1v) is 7.31. The van der Waals surface area contributed by atoms with Crippen molar-refractivity contribution >= 4 is 5.57 Å². The van der Waals surface area contributed by atoms with Crippen molar-refractivity contribution in [3.8, 4) is 0 Å². The summed E-state index contributed by atoms with van der Waals surface area (Å²) in [6.07, 6.45) is 3.59. The number of rotatable bonds is 2. The van der Waals surface area contributed by atoms with E-state index in [0.717, 1.165) is 29.8 Å². The van der Waals surface area contributed by atoms with Crippen LogP contribution in [-0.2, 0) is 0 Å². The average molecular weight is 281 g/mol. The van der Waals surface area contributed by atoms with E-state index in [1.807, 2.05) is 36.5 Å². The zero-order chi connectivity index (χ0) is 14.9. The van der Waals surface area contributed by atoms with Crippen LogP contribution in [0.5, 0.6) is 0 Å². The third-order valence-corrected chi connectivity index (χ3v) is 3.47. The molecule has 0 atom stereocenters. The number of piperazine rings is 1. The molecule has 1 saturated heterocycles. The minimum absolute atomic E-state index is 1.01. The number of pyridine rings is 1. The lowest BCUT2D eigenvalue weighted by Gasteiger charge is -2.21. The molecule has 1 aromatic heterocycles. The van der Waals surface area contributed by atoms with Gasteiger partial charge in [0.2, 0.25) is 0 Å². The lowest BCUT2D eigenvalue weighted by molar-refractivity contribution is 0.291. The van der Waals surface area contributed by atoms with Crippen LogP contribution < -0.4 is 5.32 Å². The number of aromatic nitrogens is 1. The van der Waals surface area contributed by atoms with Crippen molar-refractivity contribution < 1.29 is 0 Å². The Balaban J connectivity index is 0.000000194. The van der Waals surface area contributed by atoms with E-state index in [-0.39, 0.29) is 0 Å². The molecule has 0 unspecified atom stereocenters. The van der Waals surface area contributed by atoms with Gasteiger partial charge in [-0.05, 0) is 29.8 Å². The van der Waals surface area contributed by atoms with Crippen molar-refractivity contribution in [2.45, 2.75) is 0 Å². The van der Waals surface area contributed by atoms with Crippen LogP contribution in [0.2, 0.25) is 0 Å². The third kappa shape index (κ3) is 5.14. The molecule has 2 aromatic rings. The summed E-state index contributed by atoms with van der Waals surface area (Å²) in [6.45, 7) is 8.80. The topological polar surface area (TPSA) is 28.2 Å². The number of benzene rings is 1. The second kappa shape index (κ2) is 8.35. The van der Waals surface area contributed by atoms with E-state index in [0.29, 0.717) is 0 Å². The van der Waals surface area contributed by atoms with Gasteiger partial charge in [0, 0.05) is 38.6 Å². The van der Waals surface area contributed by atoms with Crippen LogP contribution >= 0.6 is 0 Å². The van der Waals surface area contributed by atoms with E-state index in [9.17, 15) is 0 Å². The Bertz CT molecular complexity index is 489. The molecule has 0 saturated carbocycles. The first kappa shape index (κ1) is 15.4. The van der Waals surface area contributed by atoms with E-state index in [1.54, 1.807) is 6.20 Å². The van der Waals surface area contributed by atoms with E-state index in [2.05, 4.69) is 41.0 Å². The molecule has 2 heterocycles. The van der Waals surface area contributed by atoms with E-state index < -0.39 is 0 Å². The molecule has 3 nitrogen and oxygen atoms in total. The fraction of sp³-hybridized carbons (Fsp3) is 0.278. The van der Waals surface area contributed by atoms with Crippen molar-refractivity contribution in [1.82, 2.24) is 15.2 Å². The summed E-state index contributed by atoms with van der Waals surface area (Å²) in [4.78, 5) is 6.40. The van der Waals surface area contributed by atoms with E-state index >= 15 is 0 Å². The molecular formula is C18H23N3. The molecule has 3 rings (SSSR count). The lowest BCUT2D eigenvalue weighted by Crippen LogP contribution is -2.40. The zero-order valence-corrected chi connectivity index (χ0v) is 12.6. The van der Waals surface area contributed by atoms with Crippen molar-refractivity contribution in [1.29, 1.82) is 0 Å². The molecule has 0 bridgehead atoms. The molecule has 1 N–H and O–H groups in total. The monoisotopic (exact) mass is 281 g/mol. The first-order valence-electron chi connectivity index (χ1n) is 7.31. The van der Waals surface area contributed by atoms with Crippen LogP contribution in [0.25, 0.3) is 5.57 Å². The lowest BCUT2D eigenvalue weighted by atomic mass is 10.0. The average Bonchev–Trinajstić information content (AvgIpc) is 2.57. The Labute approximate surface area is 127 Å². The SMILES string of the molecule is C=C(c1ccccc1)c1cccnc1.CN1CCNCC1. The standard InChI is InChI=1S/C13H11N.C5H12N2/c1-11(12-6-3-2-4-7-12)13-8-5-9-14-10-13;1-7-4-2-6-3-5-7/h2-10H,1H2;6H,2-5H2,1H3. The van der Waals surface area contributed by atoms with Gasteiger partial charge in [0.25, 0.3) is 0 Å². The summed E-state index contributed by atoms with van der Waals surface area (Å²) in [5.41, 5.74) is 3.22. The van der Waals surface area contributed by atoms with Crippen LogP contribution in [0, 0.1) is 0 Å². The van der Waals surface area contributed by atoms with Gasteiger partial charge < -0.3 is 10.2 Å². The smallest absolute Gasteiger partial charge is 0.0346 e. The maximum Gasteiger partial charge on any atom is 0.0346 e. The normalized spacial score (nSPS) is 14.9. The molecule has 1 aliphatic heterocycles. The molecular weight excluding hydrogens is 258 g/mol. The van der Waals surface area contributed by atoms with E-state index in [4.69, 9.17) is 0 Å². The Morgan fingerprint density at radius 2 is 1.71 bits per heavy atom. The number of hydrogen-bond acceptors (Lipinski definition) is 3. The number of nitrogens with zero attached hydrogens (tertiary/aromatic N) is 2. The van der Waals surface area contributed by atoms with Crippen molar-refractivity contribution in [3.05, 3.63) is 72.6 Å². The maximum atomic E-state index is 4.07. The summed E-state index contributed by atoms with van der Waals surface area (Å²) in [6, 6.07) is 14.1. The predicted molar refractivity (Wildman–Crippen MR) is 89.2 cm³/mol. The summed E-state index contributed by atoms with van der Waals surface area (Å²) >= 11 is 0. The van der Waals surface area contributed by atoms with Gasteiger partial charge in [-0.3, -0.25) is 4.98 Å².